The van der Waals surface area contributed by atoms with E-state index in [-0.39, 0.29) is 11.9 Å². The first-order valence-corrected chi connectivity index (χ1v) is 10.1. The normalized spacial score (nSPS) is 20.4. The third kappa shape index (κ3) is 3.72. The maximum Gasteiger partial charge on any atom is 0.241 e. The summed E-state index contributed by atoms with van der Waals surface area (Å²) in [6.45, 7) is 8.67. The number of carbonyl (C=O) groups is 1. The number of rotatable bonds is 3. The third-order valence-electron chi connectivity index (χ3n) is 5.98. The molecule has 4 rings (SSSR count). The molecule has 0 saturated carbocycles. The van der Waals surface area contributed by atoms with Gasteiger partial charge in [-0.3, -0.25) is 9.69 Å². The summed E-state index contributed by atoms with van der Waals surface area (Å²) in [5, 5.41) is 0. The first kappa shape index (κ1) is 18.1. The number of carbonyl (C=O) groups excluding carboxylic acids is 1. The number of para-hydroxylation sites is 2. The van der Waals surface area contributed by atoms with Crippen LogP contribution in [-0.2, 0) is 11.2 Å². The van der Waals surface area contributed by atoms with Crippen LogP contribution >= 0.6 is 0 Å². The molecule has 2 heterocycles. The fourth-order valence-corrected chi connectivity index (χ4v) is 4.40. The molecule has 1 amide bonds. The van der Waals surface area contributed by atoms with Gasteiger partial charge in [0.2, 0.25) is 5.91 Å². The van der Waals surface area contributed by atoms with E-state index in [0.717, 1.165) is 44.7 Å². The molecule has 1 atom stereocenters. The quantitative estimate of drug-likeness (QED) is 0.835. The summed E-state index contributed by atoms with van der Waals surface area (Å²) < 4.78 is 0. The number of amides is 1. The summed E-state index contributed by atoms with van der Waals surface area (Å²) in [7, 11) is 0. The van der Waals surface area contributed by atoms with E-state index in [1.54, 1.807) is 0 Å². The van der Waals surface area contributed by atoms with Crippen LogP contribution in [0, 0.1) is 6.92 Å². The molecule has 1 saturated heterocycles. The molecule has 2 aromatic rings. The van der Waals surface area contributed by atoms with E-state index < -0.39 is 0 Å². The highest BCUT2D eigenvalue weighted by molar-refractivity contribution is 5.96. The topological polar surface area (TPSA) is 26.8 Å². The molecule has 1 fully saturated rings. The molecule has 0 aliphatic carbocycles. The van der Waals surface area contributed by atoms with Crippen molar-refractivity contribution in [3.63, 3.8) is 0 Å². The van der Waals surface area contributed by atoms with Gasteiger partial charge in [0.05, 0.1) is 6.54 Å². The fourth-order valence-electron chi connectivity index (χ4n) is 4.40. The SMILES string of the molecule is Cc1ccccc1N1CCN(CC(=O)N2c3ccccc3CCC2C)CC1. The second-order valence-corrected chi connectivity index (χ2v) is 7.83. The molecule has 4 nitrogen and oxygen atoms in total. The maximum atomic E-state index is 13.1. The highest BCUT2D eigenvalue weighted by Crippen LogP contribution is 2.30. The van der Waals surface area contributed by atoms with Crippen molar-refractivity contribution in [1.82, 2.24) is 4.90 Å². The molecule has 0 bridgehead atoms. The second-order valence-electron chi connectivity index (χ2n) is 7.83. The first-order valence-electron chi connectivity index (χ1n) is 10.1. The highest BCUT2D eigenvalue weighted by Gasteiger charge is 2.29. The number of fused-ring (bicyclic) bond motifs is 1. The molecule has 142 valence electrons. The Morgan fingerprint density at radius 2 is 1.63 bits per heavy atom. The van der Waals surface area contributed by atoms with Gasteiger partial charge >= 0.3 is 0 Å². The van der Waals surface area contributed by atoms with Gasteiger partial charge in [-0.25, -0.2) is 0 Å². The minimum atomic E-state index is 0.235. The number of hydrogen-bond donors (Lipinski definition) is 0. The van der Waals surface area contributed by atoms with Gasteiger partial charge in [0.15, 0.2) is 0 Å². The zero-order valence-corrected chi connectivity index (χ0v) is 16.4. The van der Waals surface area contributed by atoms with E-state index in [9.17, 15) is 4.79 Å². The monoisotopic (exact) mass is 363 g/mol. The van der Waals surface area contributed by atoms with Gasteiger partial charge in [0.1, 0.15) is 0 Å². The predicted octanol–water partition coefficient (Wildman–Crippen LogP) is 3.48. The molecule has 2 aliphatic rings. The molecule has 2 aromatic carbocycles. The van der Waals surface area contributed by atoms with Crippen LogP contribution < -0.4 is 9.80 Å². The summed E-state index contributed by atoms with van der Waals surface area (Å²) in [5.74, 6) is 0.235. The van der Waals surface area contributed by atoms with Crippen LogP contribution in [0.3, 0.4) is 0 Å². The summed E-state index contributed by atoms with van der Waals surface area (Å²) in [6.07, 6.45) is 2.11. The lowest BCUT2D eigenvalue weighted by atomic mass is 9.96. The Morgan fingerprint density at radius 3 is 2.37 bits per heavy atom. The Labute approximate surface area is 162 Å². The average molecular weight is 364 g/mol. The van der Waals surface area contributed by atoms with Crippen molar-refractivity contribution in [3.8, 4) is 0 Å². The molecule has 27 heavy (non-hydrogen) atoms. The van der Waals surface area contributed by atoms with Gasteiger partial charge in [-0.1, -0.05) is 36.4 Å². The van der Waals surface area contributed by atoms with Gasteiger partial charge in [-0.05, 0) is 49.9 Å². The molecule has 1 unspecified atom stereocenters. The second kappa shape index (κ2) is 7.73. The van der Waals surface area contributed by atoms with Crippen LogP contribution in [-0.4, -0.2) is 49.6 Å². The number of nitrogens with zero attached hydrogens (tertiary/aromatic N) is 3. The van der Waals surface area contributed by atoms with E-state index in [0.29, 0.717) is 6.54 Å². The number of benzene rings is 2. The van der Waals surface area contributed by atoms with Crippen LogP contribution in [0.15, 0.2) is 48.5 Å². The predicted molar refractivity (Wildman–Crippen MR) is 112 cm³/mol. The Balaban J connectivity index is 1.39. The van der Waals surface area contributed by atoms with Crippen LogP contribution in [0.1, 0.15) is 24.5 Å². The van der Waals surface area contributed by atoms with Crippen molar-refractivity contribution < 1.29 is 4.79 Å². The van der Waals surface area contributed by atoms with Gasteiger partial charge < -0.3 is 9.80 Å². The van der Waals surface area contributed by atoms with Crippen LogP contribution in [0.5, 0.6) is 0 Å². The molecule has 0 aromatic heterocycles. The molecular formula is C23H29N3O. The zero-order chi connectivity index (χ0) is 18.8. The Kier molecular flexibility index (Phi) is 5.17. The molecule has 0 spiro atoms. The Morgan fingerprint density at radius 1 is 0.963 bits per heavy atom. The van der Waals surface area contributed by atoms with E-state index in [4.69, 9.17) is 0 Å². The van der Waals surface area contributed by atoms with Crippen molar-refractivity contribution in [2.75, 3.05) is 42.5 Å². The van der Waals surface area contributed by atoms with Gasteiger partial charge in [-0.2, -0.15) is 0 Å². The van der Waals surface area contributed by atoms with E-state index in [1.807, 2.05) is 11.0 Å². The van der Waals surface area contributed by atoms with Crippen molar-refractivity contribution in [2.24, 2.45) is 0 Å². The van der Waals surface area contributed by atoms with Crippen molar-refractivity contribution in [3.05, 3.63) is 59.7 Å². The summed E-state index contributed by atoms with van der Waals surface area (Å²) >= 11 is 0. The highest BCUT2D eigenvalue weighted by atomic mass is 16.2. The minimum absolute atomic E-state index is 0.235. The van der Waals surface area contributed by atoms with Crippen molar-refractivity contribution >= 4 is 17.3 Å². The summed E-state index contributed by atoms with van der Waals surface area (Å²) in [4.78, 5) is 19.9. The lowest BCUT2D eigenvalue weighted by molar-refractivity contribution is -0.120. The molecule has 0 N–H and O–H groups in total. The van der Waals surface area contributed by atoms with Crippen molar-refractivity contribution in [1.29, 1.82) is 0 Å². The van der Waals surface area contributed by atoms with Gasteiger partial charge in [-0.15, -0.1) is 0 Å². The van der Waals surface area contributed by atoms with Crippen LogP contribution in [0.2, 0.25) is 0 Å². The number of hydrogen-bond acceptors (Lipinski definition) is 3. The van der Waals surface area contributed by atoms with Gasteiger partial charge in [0, 0.05) is 43.6 Å². The average Bonchev–Trinajstić information content (AvgIpc) is 2.69. The molecule has 2 aliphatic heterocycles. The third-order valence-corrected chi connectivity index (χ3v) is 5.98. The maximum absolute atomic E-state index is 13.1. The van der Waals surface area contributed by atoms with E-state index >= 15 is 0 Å². The molecule has 0 radical (unpaired) electrons. The number of aryl methyl sites for hydroxylation is 2. The van der Waals surface area contributed by atoms with Crippen molar-refractivity contribution in [2.45, 2.75) is 32.7 Å². The largest absolute Gasteiger partial charge is 0.369 e. The summed E-state index contributed by atoms with van der Waals surface area (Å²) in [5.41, 5.74) is 5.05. The Bertz CT molecular complexity index is 811. The number of piperazine rings is 1. The smallest absolute Gasteiger partial charge is 0.241 e. The first-order chi connectivity index (χ1) is 13.1. The van der Waals surface area contributed by atoms with Crippen LogP contribution in [0.25, 0.3) is 0 Å². The lowest BCUT2D eigenvalue weighted by Gasteiger charge is -2.39. The number of anilines is 2. The Hall–Kier alpha value is -2.33. The van der Waals surface area contributed by atoms with Gasteiger partial charge in [0.25, 0.3) is 0 Å². The van der Waals surface area contributed by atoms with Crippen LogP contribution in [0.4, 0.5) is 11.4 Å². The zero-order valence-electron chi connectivity index (χ0n) is 16.4. The molecule has 4 heteroatoms. The standard InChI is InChI=1S/C23H29N3O/c1-18-7-3-5-9-21(18)25-15-13-24(14-16-25)17-23(27)26-19(2)11-12-20-8-4-6-10-22(20)26/h3-10,19H,11-17H2,1-2H3. The summed E-state index contributed by atoms with van der Waals surface area (Å²) in [6, 6.07) is 17.2. The van der Waals surface area contributed by atoms with E-state index in [2.05, 4.69) is 66.1 Å². The lowest BCUT2D eigenvalue weighted by Crippen LogP contribution is -2.52. The minimum Gasteiger partial charge on any atom is -0.369 e. The van der Waals surface area contributed by atoms with E-state index in [1.165, 1.54) is 16.8 Å². The molecular weight excluding hydrogens is 334 g/mol. The fraction of sp³-hybridized carbons (Fsp3) is 0.435.